The lowest BCUT2D eigenvalue weighted by Gasteiger charge is -2.15. The fourth-order valence-electron chi connectivity index (χ4n) is 0.841. The first-order valence-corrected chi connectivity index (χ1v) is 4.74. The number of hydrogen-bond donors (Lipinski definition) is 3. The fourth-order valence-corrected chi connectivity index (χ4v) is 0.841. The van der Waals surface area contributed by atoms with Crippen molar-refractivity contribution in [3.8, 4) is 12.3 Å². The van der Waals surface area contributed by atoms with Crippen molar-refractivity contribution in [3.05, 3.63) is 0 Å². The number of terminal acetylenes is 1. The molecule has 0 radical (unpaired) electrons. The van der Waals surface area contributed by atoms with Crippen LogP contribution in [0, 0.1) is 12.3 Å². The predicted octanol–water partition coefficient (Wildman–Crippen LogP) is -0.515. The van der Waals surface area contributed by atoms with E-state index in [0.29, 0.717) is 13.0 Å². The van der Waals surface area contributed by atoms with E-state index in [4.69, 9.17) is 6.42 Å². The average molecular weight is 198 g/mol. The van der Waals surface area contributed by atoms with E-state index in [1.807, 2.05) is 6.92 Å². The van der Waals surface area contributed by atoms with Crippen LogP contribution < -0.4 is 10.6 Å². The van der Waals surface area contributed by atoms with Gasteiger partial charge in [0.25, 0.3) is 0 Å². The number of aliphatic hydroxyl groups excluding tert-OH is 1. The third kappa shape index (κ3) is 5.57. The molecule has 0 aliphatic carbocycles. The van der Waals surface area contributed by atoms with Gasteiger partial charge in [-0.3, -0.25) is 4.79 Å². The van der Waals surface area contributed by atoms with Gasteiger partial charge in [-0.1, -0.05) is 12.8 Å². The third-order valence-corrected chi connectivity index (χ3v) is 1.89. The molecule has 3 N–H and O–H groups in total. The summed E-state index contributed by atoms with van der Waals surface area (Å²) in [5.41, 5.74) is 0. The van der Waals surface area contributed by atoms with Crippen LogP contribution in [0.3, 0.4) is 0 Å². The highest BCUT2D eigenvalue weighted by Crippen LogP contribution is 1.89. The Labute approximate surface area is 85.1 Å². The van der Waals surface area contributed by atoms with Crippen LogP contribution in [0.25, 0.3) is 0 Å². The molecule has 0 spiro atoms. The Morgan fingerprint density at radius 3 is 2.79 bits per heavy atom. The number of rotatable bonds is 6. The zero-order valence-electron chi connectivity index (χ0n) is 8.71. The minimum Gasteiger partial charge on any atom is -0.392 e. The Kier molecular flexibility index (Phi) is 6.81. The van der Waals surface area contributed by atoms with E-state index in [1.54, 1.807) is 6.92 Å². The monoisotopic (exact) mass is 198 g/mol. The highest BCUT2D eigenvalue weighted by Gasteiger charge is 2.12. The molecular weight excluding hydrogens is 180 g/mol. The first-order chi connectivity index (χ1) is 6.61. The second-order valence-corrected chi connectivity index (χ2v) is 3.11. The Morgan fingerprint density at radius 1 is 1.64 bits per heavy atom. The number of hydrogen-bond acceptors (Lipinski definition) is 3. The van der Waals surface area contributed by atoms with Crippen LogP contribution in [-0.2, 0) is 4.79 Å². The summed E-state index contributed by atoms with van der Waals surface area (Å²) < 4.78 is 0. The van der Waals surface area contributed by atoms with E-state index in [1.165, 1.54) is 0 Å². The first kappa shape index (κ1) is 12.9. The van der Waals surface area contributed by atoms with Crippen molar-refractivity contribution in [2.24, 2.45) is 0 Å². The summed E-state index contributed by atoms with van der Waals surface area (Å²) in [5.74, 6) is 2.17. The molecule has 0 rings (SSSR count). The topological polar surface area (TPSA) is 61.4 Å². The van der Waals surface area contributed by atoms with E-state index >= 15 is 0 Å². The van der Waals surface area contributed by atoms with Crippen LogP contribution in [0.2, 0.25) is 0 Å². The van der Waals surface area contributed by atoms with Gasteiger partial charge in [0.05, 0.1) is 18.7 Å². The summed E-state index contributed by atoms with van der Waals surface area (Å²) in [7, 11) is 0. The maximum atomic E-state index is 11.3. The van der Waals surface area contributed by atoms with Gasteiger partial charge >= 0.3 is 0 Å². The van der Waals surface area contributed by atoms with Crippen molar-refractivity contribution < 1.29 is 9.90 Å². The van der Waals surface area contributed by atoms with Crippen LogP contribution in [0.5, 0.6) is 0 Å². The van der Waals surface area contributed by atoms with Crippen LogP contribution >= 0.6 is 0 Å². The van der Waals surface area contributed by atoms with Gasteiger partial charge in [0.2, 0.25) is 5.91 Å². The molecule has 0 bridgehead atoms. The summed E-state index contributed by atoms with van der Waals surface area (Å²) in [6.45, 7) is 4.27. The summed E-state index contributed by atoms with van der Waals surface area (Å²) in [6.07, 6.45) is 5.26. The molecule has 4 heteroatoms. The van der Waals surface area contributed by atoms with Gasteiger partial charge in [0.15, 0.2) is 0 Å². The SMILES string of the molecule is C#CCNC(=O)C(C)NCC(O)CC. The highest BCUT2D eigenvalue weighted by atomic mass is 16.3. The van der Waals surface area contributed by atoms with Gasteiger partial charge in [0.1, 0.15) is 0 Å². The molecule has 0 aromatic rings. The predicted molar refractivity (Wildman–Crippen MR) is 55.6 cm³/mol. The van der Waals surface area contributed by atoms with Gasteiger partial charge in [-0.15, -0.1) is 6.42 Å². The molecule has 1 amide bonds. The minimum atomic E-state index is -0.405. The quantitative estimate of drug-likeness (QED) is 0.503. The normalized spacial score (nSPS) is 14.1. The summed E-state index contributed by atoms with van der Waals surface area (Å²) in [4.78, 5) is 11.3. The minimum absolute atomic E-state index is 0.147. The molecule has 14 heavy (non-hydrogen) atoms. The number of amides is 1. The van der Waals surface area contributed by atoms with Crippen LogP contribution in [-0.4, -0.2) is 36.2 Å². The Morgan fingerprint density at radius 2 is 2.29 bits per heavy atom. The molecule has 80 valence electrons. The summed E-state index contributed by atoms with van der Waals surface area (Å²) in [6, 6.07) is -0.329. The Hall–Kier alpha value is -1.05. The number of nitrogens with one attached hydrogen (secondary N) is 2. The lowest BCUT2D eigenvalue weighted by atomic mass is 10.2. The van der Waals surface area contributed by atoms with Crippen molar-refractivity contribution in [2.45, 2.75) is 32.4 Å². The van der Waals surface area contributed by atoms with Crippen molar-refractivity contribution in [1.82, 2.24) is 10.6 Å². The maximum absolute atomic E-state index is 11.3. The largest absolute Gasteiger partial charge is 0.392 e. The molecule has 2 atom stereocenters. The molecule has 0 aliphatic rings. The smallest absolute Gasteiger partial charge is 0.237 e. The molecule has 0 aromatic heterocycles. The maximum Gasteiger partial charge on any atom is 0.237 e. The standard InChI is InChI=1S/C10H18N2O2/c1-4-6-11-10(14)8(3)12-7-9(13)5-2/h1,8-9,12-13H,5-7H2,2-3H3,(H,11,14). The second-order valence-electron chi connectivity index (χ2n) is 3.11. The Bertz CT molecular complexity index is 211. The van der Waals surface area contributed by atoms with Gasteiger partial charge < -0.3 is 15.7 Å². The van der Waals surface area contributed by atoms with Crippen molar-refractivity contribution in [3.63, 3.8) is 0 Å². The molecule has 0 aromatic carbocycles. The van der Waals surface area contributed by atoms with E-state index in [-0.39, 0.29) is 18.5 Å². The number of aliphatic hydroxyl groups is 1. The van der Waals surface area contributed by atoms with E-state index in [9.17, 15) is 9.90 Å². The Balaban J connectivity index is 3.68. The second kappa shape index (κ2) is 7.36. The van der Waals surface area contributed by atoms with Gasteiger partial charge in [0, 0.05) is 6.54 Å². The lowest BCUT2D eigenvalue weighted by Crippen LogP contribution is -2.44. The van der Waals surface area contributed by atoms with Crippen LogP contribution in [0.15, 0.2) is 0 Å². The molecule has 0 fully saturated rings. The number of carbonyl (C=O) groups excluding carboxylic acids is 1. The van der Waals surface area contributed by atoms with Crippen LogP contribution in [0.1, 0.15) is 20.3 Å². The molecule has 4 nitrogen and oxygen atoms in total. The third-order valence-electron chi connectivity index (χ3n) is 1.89. The molecule has 0 saturated carbocycles. The van der Waals surface area contributed by atoms with Crippen LogP contribution in [0.4, 0.5) is 0 Å². The van der Waals surface area contributed by atoms with Gasteiger partial charge in [-0.2, -0.15) is 0 Å². The lowest BCUT2D eigenvalue weighted by molar-refractivity contribution is -0.122. The zero-order valence-corrected chi connectivity index (χ0v) is 8.71. The molecule has 0 aliphatic heterocycles. The zero-order chi connectivity index (χ0) is 11.0. The summed E-state index contributed by atoms with van der Waals surface area (Å²) >= 11 is 0. The average Bonchev–Trinajstić information content (AvgIpc) is 2.21. The first-order valence-electron chi connectivity index (χ1n) is 4.74. The molecule has 0 saturated heterocycles. The van der Waals surface area contributed by atoms with Crippen molar-refractivity contribution in [1.29, 1.82) is 0 Å². The molecule has 2 unspecified atom stereocenters. The highest BCUT2D eigenvalue weighted by molar-refractivity contribution is 5.81. The fraction of sp³-hybridized carbons (Fsp3) is 0.700. The summed E-state index contributed by atoms with van der Waals surface area (Å²) in [5, 5.41) is 14.7. The van der Waals surface area contributed by atoms with Crippen molar-refractivity contribution >= 4 is 5.91 Å². The van der Waals surface area contributed by atoms with Gasteiger partial charge in [-0.05, 0) is 13.3 Å². The molecular formula is C10H18N2O2. The van der Waals surface area contributed by atoms with Gasteiger partial charge in [-0.25, -0.2) is 0 Å². The van der Waals surface area contributed by atoms with E-state index in [2.05, 4.69) is 16.6 Å². The van der Waals surface area contributed by atoms with E-state index in [0.717, 1.165) is 0 Å². The molecule has 0 heterocycles. The number of carbonyl (C=O) groups is 1. The van der Waals surface area contributed by atoms with Crippen molar-refractivity contribution in [2.75, 3.05) is 13.1 Å². The van der Waals surface area contributed by atoms with E-state index < -0.39 is 6.10 Å².